The van der Waals surface area contributed by atoms with Crippen molar-refractivity contribution in [3.63, 3.8) is 0 Å². The zero-order chi connectivity index (χ0) is 16.1. The molecule has 23 heavy (non-hydrogen) atoms. The van der Waals surface area contributed by atoms with Crippen LogP contribution in [0.1, 0.15) is 78.6 Å². The van der Waals surface area contributed by atoms with Gasteiger partial charge in [-0.1, -0.05) is 13.8 Å². The van der Waals surface area contributed by atoms with E-state index in [4.69, 9.17) is 0 Å². The monoisotopic (exact) mass is 334 g/mol. The van der Waals surface area contributed by atoms with Gasteiger partial charge in [0.1, 0.15) is 0 Å². The van der Waals surface area contributed by atoms with Crippen LogP contribution < -0.4 is 0 Å². The number of fused-ring (bicyclic) bond motifs is 5. The molecule has 1 N–H and O–H groups in total. The van der Waals surface area contributed by atoms with Crippen molar-refractivity contribution in [2.45, 2.75) is 88.9 Å². The van der Waals surface area contributed by atoms with Gasteiger partial charge in [0.15, 0.2) is 0 Å². The molecule has 5 aliphatic rings. The van der Waals surface area contributed by atoms with Crippen molar-refractivity contribution < 1.29 is 5.11 Å². The zero-order valence-corrected chi connectivity index (χ0v) is 16.1. The lowest BCUT2D eigenvalue weighted by atomic mass is 9.44. The SMILES string of the molecule is C[C@]12CC[C@@]3(CS3)C[C@H]1CC[C@H]1[C@H]3CC[C@](C)(O)[C@@]3(C)CC[C@@H]12. The summed E-state index contributed by atoms with van der Waals surface area (Å²) in [5, 5.41) is 11.0. The van der Waals surface area contributed by atoms with Gasteiger partial charge < -0.3 is 5.11 Å². The number of hydrogen-bond donors (Lipinski definition) is 1. The van der Waals surface area contributed by atoms with Crippen LogP contribution in [0.5, 0.6) is 0 Å². The van der Waals surface area contributed by atoms with Gasteiger partial charge in [-0.05, 0) is 99.2 Å². The second kappa shape index (κ2) is 4.53. The maximum absolute atomic E-state index is 11.0. The maximum atomic E-state index is 11.0. The van der Waals surface area contributed by atoms with E-state index in [2.05, 4.69) is 32.5 Å². The van der Waals surface area contributed by atoms with Crippen molar-refractivity contribution in [2.75, 3.05) is 5.75 Å². The second-order valence-electron chi connectivity index (χ2n) is 10.6. The van der Waals surface area contributed by atoms with Crippen LogP contribution in [0, 0.1) is 34.5 Å². The minimum absolute atomic E-state index is 0.194. The molecule has 1 aliphatic heterocycles. The molecular weight excluding hydrogens is 300 g/mol. The number of thioether (sulfide) groups is 1. The molecule has 5 rings (SSSR count). The first-order valence-corrected chi connectivity index (χ1v) is 11.1. The largest absolute Gasteiger partial charge is 0.390 e. The molecule has 0 aromatic heterocycles. The van der Waals surface area contributed by atoms with Crippen molar-refractivity contribution in [1.29, 1.82) is 0 Å². The third-order valence-corrected chi connectivity index (χ3v) is 11.4. The molecule has 130 valence electrons. The summed E-state index contributed by atoms with van der Waals surface area (Å²) in [5.74, 6) is 5.11. The van der Waals surface area contributed by atoms with Crippen LogP contribution in [0.2, 0.25) is 0 Å². The highest BCUT2D eigenvalue weighted by atomic mass is 32.2. The molecule has 0 amide bonds. The zero-order valence-electron chi connectivity index (χ0n) is 15.2. The van der Waals surface area contributed by atoms with Gasteiger partial charge in [-0.15, -0.1) is 0 Å². The molecule has 1 heterocycles. The fourth-order valence-corrected chi connectivity index (χ4v) is 8.95. The van der Waals surface area contributed by atoms with E-state index < -0.39 is 5.60 Å². The third-order valence-electron chi connectivity index (χ3n) is 9.92. The predicted molar refractivity (Wildman–Crippen MR) is 97.5 cm³/mol. The Morgan fingerprint density at radius 3 is 2.35 bits per heavy atom. The van der Waals surface area contributed by atoms with E-state index in [-0.39, 0.29) is 5.41 Å². The molecule has 0 aromatic rings. The highest BCUT2D eigenvalue weighted by Gasteiger charge is 2.64. The van der Waals surface area contributed by atoms with Gasteiger partial charge in [0.2, 0.25) is 0 Å². The third kappa shape index (κ3) is 1.92. The van der Waals surface area contributed by atoms with Gasteiger partial charge in [0.05, 0.1) is 5.60 Å². The molecule has 1 saturated heterocycles. The van der Waals surface area contributed by atoms with Crippen molar-refractivity contribution in [3.8, 4) is 0 Å². The minimum atomic E-state index is -0.415. The first-order chi connectivity index (χ1) is 10.8. The smallest absolute Gasteiger partial charge is 0.0675 e. The van der Waals surface area contributed by atoms with E-state index >= 15 is 0 Å². The quantitative estimate of drug-likeness (QED) is 0.609. The lowest BCUT2D eigenvalue weighted by Gasteiger charge is -2.61. The number of hydrogen-bond acceptors (Lipinski definition) is 2. The van der Waals surface area contributed by atoms with Gasteiger partial charge in [0, 0.05) is 10.5 Å². The Morgan fingerprint density at radius 1 is 0.870 bits per heavy atom. The Kier molecular flexibility index (Phi) is 3.06. The first kappa shape index (κ1) is 15.6. The van der Waals surface area contributed by atoms with Gasteiger partial charge in [-0.3, -0.25) is 0 Å². The standard InChI is InChI=1S/C21H34OS/c1-18-10-11-21(13-23-21)12-14(18)4-5-15-16(18)6-8-19(2)17(15)7-9-20(19,3)22/h14-17,22H,4-13H2,1-3H3/t14-,15-,16+,17-,18+,19+,20+,21+/m1/s1. The predicted octanol–water partition coefficient (Wildman–Crippen LogP) is 5.27. The lowest BCUT2D eigenvalue weighted by molar-refractivity contribution is -0.146. The van der Waals surface area contributed by atoms with Crippen molar-refractivity contribution >= 4 is 11.8 Å². The summed E-state index contributed by atoms with van der Waals surface area (Å²) in [7, 11) is 0. The Hall–Kier alpha value is 0.310. The summed E-state index contributed by atoms with van der Waals surface area (Å²) in [6.45, 7) is 7.23. The van der Waals surface area contributed by atoms with Crippen LogP contribution in [0.25, 0.3) is 0 Å². The van der Waals surface area contributed by atoms with Gasteiger partial charge in [-0.2, -0.15) is 11.8 Å². The highest BCUT2D eigenvalue weighted by molar-refractivity contribution is 8.07. The Morgan fingerprint density at radius 2 is 1.61 bits per heavy atom. The summed E-state index contributed by atoms with van der Waals surface area (Å²) >= 11 is 2.26. The van der Waals surface area contributed by atoms with Gasteiger partial charge in [0.25, 0.3) is 0 Å². The van der Waals surface area contributed by atoms with Crippen LogP contribution in [0.3, 0.4) is 0 Å². The van der Waals surface area contributed by atoms with E-state index in [0.29, 0.717) is 5.41 Å². The average Bonchev–Trinajstić information content (AvgIpc) is 3.21. The lowest BCUT2D eigenvalue weighted by Crippen LogP contribution is -2.56. The van der Waals surface area contributed by atoms with Crippen LogP contribution in [-0.4, -0.2) is 21.2 Å². The molecule has 5 fully saturated rings. The van der Waals surface area contributed by atoms with E-state index in [1.807, 2.05) is 0 Å². The summed E-state index contributed by atoms with van der Waals surface area (Å²) < 4.78 is 0.733. The molecule has 1 nitrogen and oxygen atoms in total. The number of rotatable bonds is 0. The first-order valence-electron chi connectivity index (χ1n) is 10.2. The molecule has 1 spiro atoms. The number of aliphatic hydroxyl groups is 1. The van der Waals surface area contributed by atoms with Crippen LogP contribution in [0.4, 0.5) is 0 Å². The van der Waals surface area contributed by atoms with Crippen LogP contribution in [0.15, 0.2) is 0 Å². The highest BCUT2D eigenvalue weighted by Crippen LogP contribution is 2.71. The van der Waals surface area contributed by atoms with E-state index in [1.165, 1.54) is 57.1 Å². The van der Waals surface area contributed by atoms with Crippen molar-refractivity contribution in [1.82, 2.24) is 0 Å². The molecule has 8 atom stereocenters. The van der Waals surface area contributed by atoms with E-state index in [9.17, 15) is 5.11 Å². The maximum Gasteiger partial charge on any atom is 0.0675 e. The Labute approximate surface area is 146 Å². The second-order valence-corrected chi connectivity index (χ2v) is 12.0. The molecule has 4 aliphatic carbocycles. The van der Waals surface area contributed by atoms with Crippen molar-refractivity contribution in [2.24, 2.45) is 34.5 Å². The Bertz CT molecular complexity index is 524. The summed E-state index contributed by atoms with van der Waals surface area (Å²) in [5.41, 5.74) is 0.397. The van der Waals surface area contributed by atoms with Gasteiger partial charge >= 0.3 is 0 Å². The van der Waals surface area contributed by atoms with Crippen LogP contribution >= 0.6 is 11.8 Å². The molecule has 4 saturated carbocycles. The molecule has 0 unspecified atom stereocenters. The fourth-order valence-electron chi connectivity index (χ4n) is 7.92. The average molecular weight is 335 g/mol. The van der Waals surface area contributed by atoms with E-state index in [0.717, 1.165) is 34.8 Å². The molecular formula is C21H34OS. The molecule has 0 aromatic carbocycles. The fraction of sp³-hybridized carbons (Fsp3) is 1.00. The Balaban J connectivity index is 1.45. The summed E-state index contributed by atoms with van der Waals surface area (Å²) in [6, 6.07) is 0. The van der Waals surface area contributed by atoms with Crippen LogP contribution in [-0.2, 0) is 0 Å². The molecule has 0 radical (unpaired) electrons. The minimum Gasteiger partial charge on any atom is -0.390 e. The topological polar surface area (TPSA) is 20.2 Å². The molecule has 2 heteroatoms. The normalized spacial score (nSPS) is 64.2. The van der Waals surface area contributed by atoms with Crippen molar-refractivity contribution in [3.05, 3.63) is 0 Å². The molecule has 0 bridgehead atoms. The summed E-state index contributed by atoms with van der Waals surface area (Å²) in [4.78, 5) is 0. The van der Waals surface area contributed by atoms with Gasteiger partial charge in [-0.25, -0.2) is 0 Å². The summed E-state index contributed by atoms with van der Waals surface area (Å²) in [6.07, 6.45) is 12.4. The van der Waals surface area contributed by atoms with E-state index in [1.54, 1.807) is 0 Å².